The topological polar surface area (TPSA) is 49.7 Å². The van der Waals surface area contributed by atoms with Crippen molar-refractivity contribution in [1.29, 1.82) is 0 Å². The maximum Gasteiger partial charge on any atom is 0.107 e. The lowest BCUT2D eigenvalue weighted by Gasteiger charge is -2.36. The Kier molecular flexibility index (Phi) is 2.87. The van der Waals surface area contributed by atoms with Gasteiger partial charge >= 0.3 is 0 Å². The molecule has 1 rings (SSSR count). The second-order valence-corrected chi connectivity index (χ2v) is 3.38. The van der Waals surface area contributed by atoms with Crippen LogP contribution in [0.5, 0.6) is 0 Å². The molecular weight excluding hydrogens is 144 g/mol. The van der Waals surface area contributed by atoms with Crippen LogP contribution in [0.15, 0.2) is 0 Å². The van der Waals surface area contributed by atoms with E-state index in [4.69, 9.17) is 9.84 Å². The number of hydrogen-bond acceptors (Lipinski definition) is 3. The van der Waals surface area contributed by atoms with E-state index in [9.17, 15) is 5.11 Å². The Morgan fingerprint density at radius 3 is 2.64 bits per heavy atom. The van der Waals surface area contributed by atoms with Crippen molar-refractivity contribution in [2.45, 2.75) is 26.1 Å². The fraction of sp³-hybridized carbons (Fsp3) is 1.00. The molecule has 0 aromatic rings. The van der Waals surface area contributed by atoms with Gasteiger partial charge in [0.2, 0.25) is 0 Å². The fourth-order valence-electron chi connectivity index (χ4n) is 1.36. The Morgan fingerprint density at radius 2 is 2.09 bits per heavy atom. The van der Waals surface area contributed by atoms with Crippen LogP contribution in [0.25, 0.3) is 0 Å². The van der Waals surface area contributed by atoms with Crippen molar-refractivity contribution in [3.05, 3.63) is 0 Å². The molecule has 11 heavy (non-hydrogen) atoms. The monoisotopic (exact) mass is 160 g/mol. The van der Waals surface area contributed by atoms with Crippen LogP contribution in [0, 0.1) is 11.8 Å². The van der Waals surface area contributed by atoms with E-state index in [0.29, 0.717) is 12.5 Å². The van der Waals surface area contributed by atoms with Crippen LogP contribution in [-0.2, 0) is 4.74 Å². The molecule has 0 aromatic carbocycles. The first-order valence-corrected chi connectivity index (χ1v) is 4.07. The second-order valence-electron chi connectivity index (χ2n) is 3.38. The molecule has 1 fully saturated rings. The van der Waals surface area contributed by atoms with Gasteiger partial charge in [0.15, 0.2) is 0 Å². The summed E-state index contributed by atoms with van der Waals surface area (Å²) < 4.78 is 5.22. The van der Waals surface area contributed by atoms with Crippen molar-refractivity contribution in [2.75, 3.05) is 13.2 Å². The lowest BCUT2D eigenvalue weighted by Crippen LogP contribution is -2.45. The zero-order valence-corrected chi connectivity index (χ0v) is 7.03. The minimum atomic E-state index is -0.510. The van der Waals surface area contributed by atoms with E-state index < -0.39 is 6.10 Å². The standard InChI is InChI=1S/C8H16O3/c1-5-4-11-7(3-9)8(10)6(5)2/h5-10H,3-4H2,1-2H3/t5-,6+,7-,8?/m1/s1. The van der Waals surface area contributed by atoms with E-state index in [-0.39, 0.29) is 18.6 Å². The predicted molar refractivity (Wildman–Crippen MR) is 41.2 cm³/mol. The van der Waals surface area contributed by atoms with Gasteiger partial charge in [-0.25, -0.2) is 0 Å². The molecular formula is C8H16O3. The molecule has 0 amide bonds. The summed E-state index contributed by atoms with van der Waals surface area (Å²) in [6, 6.07) is 0. The van der Waals surface area contributed by atoms with Crippen LogP contribution in [-0.4, -0.2) is 35.6 Å². The van der Waals surface area contributed by atoms with Crippen LogP contribution in [0.3, 0.4) is 0 Å². The SMILES string of the molecule is C[C@@H]1CO[C@H](CO)C(O)[C@H]1C. The summed E-state index contributed by atoms with van der Waals surface area (Å²) in [5, 5.41) is 18.3. The molecule has 1 heterocycles. The molecule has 1 saturated heterocycles. The largest absolute Gasteiger partial charge is 0.394 e. The zero-order valence-electron chi connectivity index (χ0n) is 7.03. The lowest BCUT2D eigenvalue weighted by atomic mass is 9.86. The van der Waals surface area contributed by atoms with E-state index >= 15 is 0 Å². The van der Waals surface area contributed by atoms with Gasteiger partial charge in [-0.3, -0.25) is 0 Å². The van der Waals surface area contributed by atoms with Crippen LogP contribution in [0.4, 0.5) is 0 Å². The third-order valence-corrected chi connectivity index (χ3v) is 2.57. The van der Waals surface area contributed by atoms with Gasteiger partial charge in [0.05, 0.1) is 19.3 Å². The number of hydrogen-bond donors (Lipinski definition) is 2. The van der Waals surface area contributed by atoms with Gasteiger partial charge in [0, 0.05) is 0 Å². The first-order chi connectivity index (χ1) is 5.16. The number of aliphatic hydroxyl groups excluding tert-OH is 2. The second kappa shape index (κ2) is 3.52. The first kappa shape index (κ1) is 8.97. The molecule has 66 valence electrons. The highest BCUT2D eigenvalue weighted by molar-refractivity contribution is 4.81. The summed E-state index contributed by atoms with van der Waals surface area (Å²) in [5.74, 6) is 0.605. The summed E-state index contributed by atoms with van der Waals surface area (Å²) in [6.45, 7) is 4.59. The average molecular weight is 160 g/mol. The molecule has 0 radical (unpaired) electrons. The van der Waals surface area contributed by atoms with E-state index in [2.05, 4.69) is 0 Å². The fourth-order valence-corrected chi connectivity index (χ4v) is 1.36. The van der Waals surface area contributed by atoms with Crippen molar-refractivity contribution in [3.63, 3.8) is 0 Å². The number of ether oxygens (including phenoxy) is 1. The van der Waals surface area contributed by atoms with E-state index in [1.807, 2.05) is 13.8 Å². The third kappa shape index (κ3) is 1.72. The average Bonchev–Trinajstić information content (AvgIpc) is 2.01. The predicted octanol–water partition coefficient (Wildman–Crippen LogP) is 0.0106. The van der Waals surface area contributed by atoms with E-state index in [0.717, 1.165) is 0 Å². The quantitative estimate of drug-likeness (QED) is 0.568. The molecule has 0 aliphatic carbocycles. The Labute approximate surface area is 67.0 Å². The minimum absolute atomic E-state index is 0.0851. The lowest BCUT2D eigenvalue weighted by molar-refractivity contribution is -0.140. The Balaban J connectivity index is 2.52. The van der Waals surface area contributed by atoms with Crippen molar-refractivity contribution in [2.24, 2.45) is 11.8 Å². The van der Waals surface area contributed by atoms with Crippen LogP contribution >= 0.6 is 0 Å². The summed E-state index contributed by atoms with van der Waals surface area (Å²) in [7, 11) is 0. The van der Waals surface area contributed by atoms with Crippen LogP contribution in [0.1, 0.15) is 13.8 Å². The van der Waals surface area contributed by atoms with Gasteiger partial charge in [-0.1, -0.05) is 13.8 Å². The summed E-state index contributed by atoms with van der Waals surface area (Å²) in [5.41, 5.74) is 0. The molecule has 1 unspecified atom stereocenters. The normalized spacial score (nSPS) is 45.8. The van der Waals surface area contributed by atoms with Crippen molar-refractivity contribution in [3.8, 4) is 0 Å². The Bertz CT molecular complexity index is 125. The molecule has 3 nitrogen and oxygen atoms in total. The molecule has 0 spiro atoms. The highest BCUT2D eigenvalue weighted by Gasteiger charge is 2.33. The summed E-state index contributed by atoms with van der Waals surface area (Å²) in [6.07, 6.45) is -0.884. The van der Waals surface area contributed by atoms with Crippen LogP contribution < -0.4 is 0 Å². The maximum absolute atomic E-state index is 9.52. The molecule has 1 aliphatic heterocycles. The van der Waals surface area contributed by atoms with E-state index in [1.54, 1.807) is 0 Å². The third-order valence-electron chi connectivity index (χ3n) is 2.57. The highest BCUT2D eigenvalue weighted by Crippen LogP contribution is 2.24. The zero-order chi connectivity index (χ0) is 8.43. The Hall–Kier alpha value is -0.120. The van der Waals surface area contributed by atoms with E-state index in [1.165, 1.54) is 0 Å². The van der Waals surface area contributed by atoms with Crippen molar-refractivity contribution >= 4 is 0 Å². The van der Waals surface area contributed by atoms with Gasteiger partial charge in [-0.05, 0) is 11.8 Å². The van der Waals surface area contributed by atoms with Crippen molar-refractivity contribution in [1.82, 2.24) is 0 Å². The molecule has 0 saturated carbocycles. The molecule has 3 heteroatoms. The molecule has 2 N–H and O–H groups in total. The molecule has 4 atom stereocenters. The first-order valence-electron chi connectivity index (χ1n) is 4.07. The Morgan fingerprint density at radius 1 is 1.45 bits per heavy atom. The van der Waals surface area contributed by atoms with Crippen LogP contribution in [0.2, 0.25) is 0 Å². The molecule has 0 bridgehead atoms. The van der Waals surface area contributed by atoms with Gasteiger partial charge < -0.3 is 14.9 Å². The highest BCUT2D eigenvalue weighted by atomic mass is 16.5. The minimum Gasteiger partial charge on any atom is -0.394 e. The smallest absolute Gasteiger partial charge is 0.107 e. The van der Waals surface area contributed by atoms with Gasteiger partial charge in [-0.15, -0.1) is 0 Å². The van der Waals surface area contributed by atoms with Crippen molar-refractivity contribution < 1.29 is 14.9 Å². The summed E-state index contributed by atoms with van der Waals surface area (Å²) >= 11 is 0. The summed E-state index contributed by atoms with van der Waals surface area (Å²) in [4.78, 5) is 0. The number of rotatable bonds is 1. The molecule has 1 aliphatic rings. The van der Waals surface area contributed by atoms with Gasteiger partial charge in [0.25, 0.3) is 0 Å². The number of aliphatic hydroxyl groups is 2. The maximum atomic E-state index is 9.52. The van der Waals surface area contributed by atoms with Gasteiger partial charge in [-0.2, -0.15) is 0 Å². The molecule has 0 aromatic heterocycles. The van der Waals surface area contributed by atoms with Gasteiger partial charge in [0.1, 0.15) is 6.10 Å².